The molecule has 1 aliphatic rings. The first kappa shape index (κ1) is 14.2. The number of alkyl halides is 1. The highest BCUT2D eigenvalue weighted by molar-refractivity contribution is 9.09. The van der Waals surface area contributed by atoms with Gasteiger partial charge < -0.3 is 4.74 Å². The van der Waals surface area contributed by atoms with Gasteiger partial charge in [-0.05, 0) is 37.1 Å². The number of halogens is 2. The third-order valence-electron chi connectivity index (χ3n) is 3.52. The lowest BCUT2D eigenvalue weighted by Gasteiger charge is -2.34. The van der Waals surface area contributed by atoms with Crippen LogP contribution < -0.4 is 4.74 Å². The lowest BCUT2D eigenvalue weighted by molar-refractivity contribution is 0.182. The fourth-order valence-corrected chi connectivity index (χ4v) is 3.03. The second-order valence-corrected chi connectivity index (χ2v) is 6.59. The van der Waals surface area contributed by atoms with Crippen LogP contribution in [0.2, 0.25) is 5.02 Å². The molecule has 0 aromatic heterocycles. The topological polar surface area (TPSA) is 12.5 Å². The van der Waals surface area contributed by atoms with E-state index in [2.05, 4.69) is 27.8 Å². The summed E-state index contributed by atoms with van der Waals surface area (Å²) in [6.45, 7) is 5.44. The Morgan fingerprint density at radius 1 is 1.50 bits per heavy atom. The van der Waals surface area contributed by atoms with Gasteiger partial charge in [0.1, 0.15) is 5.75 Å². The summed E-state index contributed by atoms with van der Waals surface area (Å²) in [6.07, 6.45) is 1.20. The molecule has 2 unspecified atom stereocenters. The molecule has 1 aromatic rings. The zero-order valence-electron chi connectivity index (χ0n) is 10.8. The van der Waals surface area contributed by atoms with E-state index in [1.807, 2.05) is 18.2 Å². The molecule has 1 fully saturated rings. The average Bonchev–Trinajstić information content (AvgIpc) is 2.34. The Hall–Kier alpha value is -0.250. The lowest BCUT2D eigenvalue weighted by Crippen LogP contribution is -2.39. The second kappa shape index (κ2) is 6.27. The summed E-state index contributed by atoms with van der Waals surface area (Å²) < 4.78 is 5.40. The van der Waals surface area contributed by atoms with E-state index in [-0.39, 0.29) is 0 Å². The minimum absolute atomic E-state index is 0.648. The first-order valence-electron chi connectivity index (χ1n) is 6.29. The molecule has 0 amide bonds. The smallest absolute Gasteiger partial charge is 0.123 e. The van der Waals surface area contributed by atoms with Crippen LogP contribution in [0.25, 0.3) is 0 Å². The van der Waals surface area contributed by atoms with E-state index >= 15 is 0 Å². The van der Waals surface area contributed by atoms with Crippen LogP contribution >= 0.6 is 27.5 Å². The molecule has 0 saturated carbocycles. The summed E-state index contributed by atoms with van der Waals surface area (Å²) in [7, 11) is 1.71. The molecule has 0 bridgehead atoms. The van der Waals surface area contributed by atoms with Crippen LogP contribution in [-0.4, -0.2) is 29.9 Å². The second-order valence-electron chi connectivity index (χ2n) is 4.97. The van der Waals surface area contributed by atoms with Crippen molar-refractivity contribution in [3.05, 3.63) is 28.8 Å². The number of methoxy groups -OCH3 is 1. The zero-order chi connectivity index (χ0) is 13.1. The predicted molar refractivity (Wildman–Crippen MR) is 79.8 cm³/mol. The van der Waals surface area contributed by atoms with Gasteiger partial charge in [0, 0.05) is 28.5 Å². The number of likely N-dealkylation sites (tertiary alicyclic amines) is 1. The van der Waals surface area contributed by atoms with Gasteiger partial charge >= 0.3 is 0 Å². The van der Waals surface area contributed by atoms with Gasteiger partial charge in [0.25, 0.3) is 0 Å². The third-order valence-corrected chi connectivity index (χ3v) is 5.12. The Morgan fingerprint density at radius 3 is 2.94 bits per heavy atom. The molecular formula is C14H19BrClNO. The number of piperidine rings is 1. The largest absolute Gasteiger partial charge is 0.496 e. The van der Waals surface area contributed by atoms with Crippen LogP contribution in [-0.2, 0) is 6.54 Å². The lowest BCUT2D eigenvalue weighted by atomic mass is 9.99. The van der Waals surface area contributed by atoms with Crippen molar-refractivity contribution in [1.29, 1.82) is 0 Å². The molecule has 0 radical (unpaired) electrons. The fraction of sp³-hybridized carbons (Fsp3) is 0.571. The summed E-state index contributed by atoms with van der Waals surface area (Å²) in [5.41, 5.74) is 1.17. The zero-order valence-corrected chi connectivity index (χ0v) is 13.2. The summed E-state index contributed by atoms with van der Waals surface area (Å²) in [4.78, 5) is 3.12. The standard InChI is InChI=1S/C14H19BrClNO/c1-10-8-17(6-5-13(10)15)9-11-7-12(16)3-4-14(11)18-2/h3-4,7,10,13H,5-6,8-9H2,1-2H3. The van der Waals surface area contributed by atoms with E-state index in [4.69, 9.17) is 16.3 Å². The van der Waals surface area contributed by atoms with Crippen molar-refractivity contribution in [3.8, 4) is 5.75 Å². The summed E-state index contributed by atoms with van der Waals surface area (Å²) in [5, 5.41) is 0.772. The minimum Gasteiger partial charge on any atom is -0.496 e. The van der Waals surface area contributed by atoms with Crippen LogP contribution in [0.1, 0.15) is 18.9 Å². The minimum atomic E-state index is 0.648. The fourth-order valence-electron chi connectivity index (χ4n) is 2.46. The van der Waals surface area contributed by atoms with E-state index in [0.717, 1.165) is 30.4 Å². The molecule has 0 spiro atoms. The molecule has 4 heteroatoms. The van der Waals surface area contributed by atoms with Gasteiger partial charge in [-0.1, -0.05) is 34.5 Å². The first-order chi connectivity index (χ1) is 8.60. The predicted octanol–water partition coefficient (Wildman–Crippen LogP) is 3.95. The number of rotatable bonds is 3. The SMILES string of the molecule is COc1ccc(Cl)cc1CN1CCC(Br)C(C)C1. The summed E-state index contributed by atoms with van der Waals surface area (Å²) >= 11 is 9.80. The van der Waals surface area contributed by atoms with Gasteiger partial charge in [-0.25, -0.2) is 0 Å². The average molecular weight is 333 g/mol. The molecule has 2 nitrogen and oxygen atoms in total. The third kappa shape index (κ3) is 3.40. The normalized spacial score (nSPS) is 25.1. The molecule has 100 valence electrons. The van der Waals surface area contributed by atoms with Crippen molar-refractivity contribution in [2.75, 3.05) is 20.2 Å². The molecule has 0 aliphatic carbocycles. The highest BCUT2D eigenvalue weighted by Gasteiger charge is 2.24. The Bertz CT molecular complexity index is 413. The molecule has 1 saturated heterocycles. The molecule has 1 heterocycles. The first-order valence-corrected chi connectivity index (χ1v) is 7.58. The molecule has 1 aliphatic heterocycles. The Balaban J connectivity index is 2.07. The number of ether oxygens (including phenoxy) is 1. The Kier molecular flexibility index (Phi) is 4.93. The highest BCUT2D eigenvalue weighted by atomic mass is 79.9. The van der Waals surface area contributed by atoms with E-state index in [0.29, 0.717) is 10.7 Å². The molecule has 18 heavy (non-hydrogen) atoms. The van der Waals surface area contributed by atoms with Crippen molar-refractivity contribution in [2.24, 2.45) is 5.92 Å². The van der Waals surface area contributed by atoms with Gasteiger partial charge in [0.2, 0.25) is 0 Å². The number of hydrogen-bond acceptors (Lipinski definition) is 2. The van der Waals surface area contributed by atoms with Crippen LogP contribution in [0.3, 0.4) is 0 Å². The van der Waals surface area contributed by atoms with Crippen molar-refractivity contribution in [3.63, 3.8) is 0 Å². The number of nitrogens with zero attached hydrogens (tertiary/aromatic N) is 1. The highest BCUT2D eigenvalue weighted by Crippen LogP contribution is 2.28. The maximum Gasteiger partial charge on any atom is 0.123 e. The van der Waals surface area contributed by atoms with E-state index in [1.54, 1.807) is 7.11 Å². The molecule has 2 rings (SSSR count). The van der Waals surface area contributed by atoms with E-state index in [1.165, 1.54) is 12.0 Å². The van der Waals surface area contributed by atoms with Gasteiger partial charge in [0.05, 0.1) is 7.11 Å². The molecular weight excluding hydrogens is 314 g/mol. The van der Waals surface area contributed by atoms with Crippen molar-refractivity contribution in [1.82, 2.24) is 4.90 Å². The molecule has 0 N–H and O–H groups in total. The Morgan fingerprint density at radius 2 is 2.28 bits per heavy atom. The van der Waals surface area contributed by atoms with E-state index < -0.39 is 0 Å². The molecule has 1 aromatic carbocycles. The van der Waals surface area contributed by atoms with Crippen LogP contribution in [0.15, 0.2) is 18.2 Å². The van der Waals surface area contributed by atoms with Crippen molar-refractivity contribution >= 4 is 27.5 Å². The summed E-state index contributed by atoms with van der Waals surface area (Å²) in [6, 6.07) is 5.82. The number of hydrogen-bond donors (Lipinski definition) is 0. The van der Waals surface area contributed by atoms with Crippen LogP contribution in [0, 0.1) is 5.92 Å². The molecule has 2 atom stereocenters. The van der Waals surface area contributed by atoms with Crippen LogP contribution in [0.4, 0.5) is 0 Å². The van der Waals surface area contributed by atoms with Crippen molar-refractivity contribution in [2.45, 2.75) is 24.7 Å². The summed E-state index contributed by atoms with van der Waals surface area (Å²) in [5.74, 6) is 1.61. The van der Waals surface area contributed by atoms with E-state index in [9.17, 15) is 0 Å². The van der Waals surface area contributed by atoms with Gasteiger partial charge in [-0.15, -0.1) is 0 Å². The monoisotopic (exact) mass is 331 g/mol. The maximum atomic E-state index is 6.06. The number of benzene rings is 1. The Labute approximate surface area is 122 Å². The quantitative estimate of drug-likeness (QED) is 0.777. The van der Waals surface area contributed by atoms with Crippen LogP contribution in [0.5, 0.6) is 5.75 Å². The van der Waals surface area contributed by atoms with Gasteiger partial charge in [-0.3, -0.25) is 4.90 Å². The van der Waals surface area contributed by atoms with Gasteiger partial charge in [0.15, 0.2) is 0 Å². The van der Waals surface area contributed by atoms with Crippen molar-refractivity contribution < 1.29 is 4.74 Å². The van der Waals surface area contributed by atoms with Gasteiger partial charge in [-0.2, -0.15) is 0 Å². The maximum absolute atomic E-state index is 6.06.